The number of hydrogen-bond donors (Lipinski definition) is 3. The number of aryl methyl sites for hydroxylation is 1. The molecule has 0 saturated heterocycles. The van der Waals surface area contributed by atoms with Crippen LogP contribution < -0.4 is 10.1 Å². The molecule has 4 fully saturated rings. The Balaban J connectivity index is 1.25. The molecule has 0 aliphatic heterocycles. The highest BCUT2D eigenvalue weighted by Gasteiger charge is 2.64. The quantitative estimate of drug-likeness (QED) is 0.488. The van der Waals surface area contributed by atoms with Crippen LogP contribution >= 0.6 is 0 Å². The van der Waals surface area contributed by atoms with Gasteiger partial charge < -0.3 is 19.9 Å². The molecule has 2 aromatic rings. The van der Waals surface area contributed by atoms with Crippen molar-refractivity contribution in [3.63, 3.8) is 0 Å². The van der Waals surface area contributed by atoms with Crippen LogP contribution in [0.15, 0.2) is 12.1 Å². The molecule has 2 amide bonds. The summed E-state index contributed by atoms with van der Waals surface area (Å²) in [4.78, 5) is 26.5. The number of carbonyl (C=O) groups excluding carboxylic acids is 1. The summed E-state index contributed by atoms with van der Waals surface area (Å²) < 4.78 is 36.5. The molecule has 13 heteroatoms. The third kappa shape index (κ3) is 4.21. The van der Waals surface area contributed by atoms with Crippen LogP contribution in [0.3, 0.4) is 0 Å². The number of halogens is 2. The van der Waals surface area contributed by atoms with Crippen molar-refractivity contribution >= 4 is 17.8 Å². The third-order valence-electron chi connectivity index (χ3n) is 7.56. The molecule has 2 aromatic heterocycles. The summed E-state index contributed by atoms with van der Waals surface area (Å²) >= 11 is 0. The molecule has 0 radical (unpaired) electrons. The number of nitrogens with zero attached hydrogens (tertiary/aromatic N) is 4. The van der Waals surface area contributed by atoms with Crippen molar-refractivity contribution in [2.24, 2.45) is 13.0 Å². The molecule has 6 rings (SSSR count). The highest BCUT2D eigenvalue weighted by molar-refractivity contribution is 6.02. The lowest BCUT2D eigenvalue weighted by Gasteiger charge is -2.67. The molecule has 35 heavy (non-hydrogen) atoms. The number of methoxy groups -OCH3 is 1. The molecule has 3 N–H and O–H groups in total. The number of carboxylic acid groups (broad SMARTS) is 1. The Hall–Kier alpha value is -3.22. The van der Waals surface area contributed by atoms with Crippen LogP contribution in [0.2, 0.25) is 0 Å². The number of anilines is 1. The zero-order valence-electron chi connectivity index (χ0n) is 19.4. The van der Waals surface area contributed by atoms with Crippen molar-refractivity contribution < 1.29 is 33.0 Å². The molecule has 3 atom stereocenters. The predicted octanol–water partition coefficient (Wildman–Crippen LogP) is 2.83. The van der Waals surface area contributed by atoms with Crippen LogP contribution in [-0.4, -0.2) is 79.8 Å². The van der Waals surface area contributed by atoms with E-state index < -0.39 is 25.0 Å². The third-order valence-corrected chi connectivity index (χ3v) is 7.56. The summed E-state index contributed by atoms with van der Waals surface area (Å²) in [6, 6.07) is 2.75. The van der Waals surface area contributed by atoms with Crippen LogP contribution in [0.1, 0.15) is 54.2 Å². The number of rotatable bonds is 9. The number of alkyl halides is 2. The molecule has 11 nitrogen and oxygen atoms in total. The first-order valence-electron chi connectivity index (χ1n) is 11.6. The molecular formula is C22H28F2N6O5. The molecule has 190 valence electrons. The Morgan fingerprint density at radius 3 is 2.69 bits per heavy atom. The van der Waals surface area contributed by atoms with Gasteiger partial charge in [-0.3, -0.25) is 19.5 Å². The predicted molar refractivity (Wildman–Crippen MR) is 118 cm³/mol. The second kappa shape index (κ2) is 8.77. The van der Waals surface area contributed by atoms with E-state index in [1.165, 1.54) is 17.8 Å². The van der Waals surface area contributed by atoms with Crippen LogP contribution in [0, 0.1) is 5.92 Å². The molecule has 4 aliphatic rings. The minimum Gasteiger partial charge on any atom is -0.471 e. The molecule has 2 bridgehead atoms. The van der Waals surface area contributed by atoms with E-state index in [1.807, 2.05) is 0 Å². The first kappa shape index (κ1) is 23.5. The number of amides is 2. The minimum atomic E-state index is -2.65. The van der Waals surface area contributed by atoms with E-state index in [9.17, 15) is 23.5 Å². The lowest BCUT2D eigenvalue weighted by Crippen LogP contribution is -2.72. The Bertz CT molecular complexity index is 1100. The fraction of sp³-hybridized carbons (Fsp3) is 0.636. The number of aromatic amines is 1. The summed E-state index contributed by atoms with van der Waals surface area (Å²) in [5.74, 6) is 0.330. The average molecular weight is 494 g/mol. The van der Waals surface area contributed by atoms with Gasteiger partial charge in [0.1, 0.15) is 5.69 Å². The van der Waals surface area contributed by atoms with E-state index in [0.717, 1.165) is 25.0 Å². The van der Waals surface area contributed by atoms with Gasteiger partial charge in [0.25, 0.3) is 12.3 Å². The minimum absolute atomic E-state index is 0.0108. The van der Waals surface area contributed by atoms with E-state index in [4.69, 9.17) is 9.47 Å². The molecule has 2 heterocycles. The van der Waals surface area contributed by atoms with Gasteiger partial charge in [-0.05, 0) is 38.0 Å². The first-order chi connectivity index (χ1) is 16.7. The molecule has 0 aromatic carbocycles. The Kier molecular flexibility index (Phi) is 5.90. The zero-order chi connectivity index (χ0) is 24.9. The maximum absolute atomic E-state index is 12.7. The molecule has 0 spiro atoms. The summed E-state index contributed by atoms with van der Waals surface area (Å²) in [5.41, 5.74) is 0.662. The van der Waals surface area contributed by atoms with Crippen molar-refractivity contribution in [2.45, 2.75) is 62.1 Å². The molecule has 4 saturated carbocycles. The second-order valence-electron chi connectivity index (χ2n) is 9.72. The summed E-state index contributed by atoms with van der Waals surface area (Å²) in [7, 11) is 3.11. The fourth-order valence-corrected chi connectivity index (χ4v) is 5.84. The normalized spacial score (nSPS) is 28.9. The van der Waals surface area contributed by atoms with E-state index in [2.05, 4.69) is 20.6 Å². The highest BCUT2D eigenvalue weighted by Crippen LogP contribution is 2.62. The van der Waals surface area contributed by atoms with Gasteiger partial charge in [0.05, 0.1) is 12.1 Å². The van der Waals surface area contributed by atoms with Crippen LogP contribution in [-0.2, 0) is 11.8 Å². The van der Waals surface area contributed by atoms with Gasteiger partial charge in [-0.2, -0.15) is 5.10 Å². The van der Waals surface area contributed by atoms with Gasteiger partial charge in [0.2, 0.25) is 5.88 Å². The van der Waals surface area contributed by atoms with Crippen LogP contribution in [0.25, 0.3) is 0 Å². The standard InChI is InChI=1S/C22H28F2N6O5/c1-29-15(6-19(28-29)35-10-17(23)24)20(31)25-18-5-13(26-27-18)12-3-14(16(4-12)34-2)30(21(32)33)22-7-11(8-22)9-22/h5-6,11-12,14,16-17H,3-4,7-10H2,1-2H3,(H,32,33)(H2,25,26,27,31). The summed E-state index contributed by atoms with van der Waals surface area (Å²) in [6.45, 7) is -0.813. The van der Waals surface area contributed by atoms with Gasteiger partial charge in [-0.1, -0.05) is 0 Å². The monoisotopic (exact) mass is 494 g/mol. The SMILES string of the molecule is COC1CC(c2cc(NC(=O)c3cc(OCC(F)F)nn3C)n[nH]2)CC1N(C(=O)O)C12CC(C1)C2. The molecule has 4 aliphatic carbocycles. The van der Waals surface area contributed by atoms with Crippen molar-refractivity contribution in [2.75, 3.05) is 19.0 Å². The lowest BCUT2D eigenvalue weighted by atomic mass is 9.49. The van der Waals surface area contributed by atoms with Gasteiger partial charge in [-0.15, -0.1) is 5.10 Å². The van der Waals surface area contributed by atoms with Gasteiger partial charge >= 0.3 is 6.09 Å². The Morgan fingerprint density at radius 1 is 1.34 bits per heavy atom. The number of nitrogens with one attached hydrogen (secondary N) is 2. The van der Waals surface area contributed by atoms with Crippen molar-refractivity contribution in [3.05, 3.63) is 23.5 Å². The number of hydrogen-bond acceptors (Lipinski definition) is 6. The summed E-state index contributed by atoms with van der Waals surface area (Å²) in [6.07, 6.45) is 0.242. The summed E-state index contributed by atoms with van der Waals surface area (Å²) in [5, 5.41) is 23.7. The fourth-order valence-electron chi connectivity index (χ4n) is 5.84. The first-order valence-corrected chi connectivity index (χ1v) is 11.6. The van der Waals surface area contributed by atoms with Gasteiger partial charge in [0, 0.05) is 43.4 Å². The van der Waals surface area contributed by atoms with E-state index in [-0.39, 0.29) is 41.0 Å². The van der Waals surface area contributed by atoms with Crippen LogP contribution in [0.4, 0.5) is 19.4 Å². The largest absolute Gasteiger partial charge is 0.471 e. The van der Waals surface area contributed by atoms with Crippen molar-refractivity contribution in [3.8, 4) is 5.88 Å². The zero-order valence-corrected chi connectivity index (χ0v) is 19.4. The van der Waals surface area contributed by atoms with Crippen molar-refractivity contribution in [1.29, 1.82) is 0 Å². The van der Waals surface area contributed by atoms with Crippen molar-refractivity contribution in [1.82, 2.24) is 24.9 Å². The molecule has 3 unspecified atom stereocenters. The van der Waals surface area contributed by atoms with Gasteiger partial charge in [0.15, 0.2) is 12.4 Å². The Labute approximate surface area is 199 Å². The topological polar surface area (TPSA) is 135 Å². The smallest absolute Gasteiger partial charge is 0.408 e. The molecular weight excluding hydrogens is 466 g/mol. The Morgan fingerprint density at radius 2 is 2.09 bits per heavy atom. The van der Waals surface area contributed by atoms with Gasteiger partial charge in [-0.25, -0.2) is 13.6 Å². The maximum Gasteiger partial charge on any atom is 0.408 e. The average Bonchev–Trinajstić information content (AvgIpc) is 3.45. The van der Waals surface area contributed by atoms with E-state index >= 15 is 0 Å². The maximum atomic E-state index is 12.7. The van der Waals surface area contributed by atoms with Crippen LogP contribution in [0.5, 0.6) is 5.88 Å². The number of carbonyl (C=O) groups is 2. The second-order valence-corrected chi connectivity index (χ2v) is 9.72. The van der Waals surface area contributed by atoms with E-state index in [1.54, 1.807) is 18.1 Å². The number of H-pyrrole nitrogens is 1. The number of aromatic nitrogens is 4. The van der Waals surface area contributed by atoms with E-state index in [0.29, 0.717) is 18.8 Å². The number of ether oxygens (including phenoxy) is 2. The lowest BCUT2D eigenvalue weighted by molar-refractivity contribution is -0.154. The highest BCUT2D eigenvalue weighted by atomic mass is 19.3.